The maximum atomic E-state index is 7.98. The van der Waals surface area contributed by atoms with Crippen molar-refractivity contribution in [3.8, 4) is 22.3 Å². The summed E-state index contributed by atoms with van der Waals surface area (Å²) in [5.41, 5.74) is 13.7. The van der Waals surface area contributed by atoms with Gasteiger partial charge in [-0.1, -0.05) is 0 Å². The molecule has 1 aliphatic carbocycles. The zero-order valence-corrected chi connectivity index (χ0v) is 33.2. The van der Waals surface area contributed by atoms with E-state index in [1.807, 2.05) is 0 Å². The molecule has 4 heteroatoms. The molecule has 4 aromatic rings. The summed E-state index contributed by atoms with van der Waals surface area (Å²) in [5.74, 6) is 0.409. The van der Waals surface area contributed by atoms with E-state index in [1.165, 1.54) is 69.3 Å². The van der Waals surface area contributed by atoms with Gasteiger partial charge in [0.05, 0.1) is 0 Å². The van der Waals surface area contributed by atoms with Gasteiger partial charge in [-0.3, -0.25) is 0 Å². The zero-order chi connectivity index (χ0) is 31.8. The van der Waals surface area contributed by atoms with Gasteiger partial charge in [-0.05, 0) is 0 Å². The number of rotatable bonds is 5. The third-order valence-electron chi connectivity index (χ3n) is 10.2. The summed E-state index contributed by atoms with van der Waals surface area (Å²) in [5, 5.41) is 3.01. The molecule has 228 valence electrons. The van der Waals surface area contributed by atoms with Crippen molar-refractivity contribution in [2.45, 2.75) is 83.2 Å². The van der Waals surface area contributed by atoms with Gasteiger partial charge < -0.3 is 0 Å². The Hall–Kier alpha value is -1.70. The summed E-state index contributed by atoms with van der Waals surface area (Å²) in [7, 11) is 15.3. The molecular formula is C40H46Cl2SiZr. The number of hydrogen-bond donors (Lipinski definition) is 0. The Morgan fingerprint density at radius 3 is 2.09 bits per heavy atom. The maximum absolute atomic E-state index is 7.98. The van der Waals surface area contributed by atoms with Crippen LogP contribution in [-0.2, 0) is 28.7 Å². The first-order valence-electron chi connectivity index (χ1n) is 16.2. The quantitative estimate of drug-likeness (QED) is 0.159. The van der Waals surface area contributed by atoms with Crippen molar-refractivity contribution in [3.05, 3.63) is 106 Å². The van der Waals surface area contributed by atoms with E-state index in [0.29, 0.717) is 5.92 Å². The van der Waals surface area contributed by atoms with E-state index >= 15 is 0 Å². The van der Waals surface area contributed by atoms with Gasteiger partial charge in [0.2, 0.25) is 0 Å². The van der Waals surface area contributed by atoms with E-state index in [0.717, 1.165) is 6.42 Å². The van der Waals surface area contributed by atoms with E-state index in [-0.39, 0.29) is 14.5 Å². The molecule has 4 aromatic carbocycles. The number of halogens is 2. The van der Waals surface area contributed by atoms with Crippen molar-refractivity contribution >= 4 is 46.3 Å². The van der Waals surface area contributed by atoms with Gasteiger partial charge in [-0.2, -0.15) is 0 Å². The molecule has 2 unspecified atom stereocenters. The van der Waals surface area contributed by atoms with Crippen LogP contribution in [0.5, 0.6) is 0 Å². The van der Waals surface area contributed by atoms with Gasteiger partial charge in [0.15, 0.2) is 0 Å². The van der Waals surface area contributed by atoms with E-state index in [9.17, 15) is 0 Å². The van der Waals surface area contributed by atoms with Crippen LogP contribution in [0.1, 0.15) is 93.3 Å². The average molecular weight is 717 g/mol. The third kappa shape index (κ3) is 5.51. The first-order valence-corrected chi connectivity index (χ1v) is 26.6. The van der Waals surface area contributed by atoms with Crippen LogP contribution in [0.4, 0.5) is 0 Å². The molecule has 0 fully saturated rings. The van der Waals surface area contributed by atoms with Gasteiger partial charge in [0, 0.05) is 0 Å². The van der Waals surface area contributed by atoms with Crippen LogP contribution < -0.4 is 13.6 Å². The number of allylic oxidation sites excluding steroid dienone is 1. The molecule has 0 aromatic heterocycles. The molecule has 2 aliphatic rings. The van der Waals surface area contributed by atoms with Crippen molar-refractivity contribution in [3.63, 3.8) is 0 Å². The van der Waals surface area contributed by atoms with Crippen molar-refractivity contribution in [2.24, 2.45) is 5.92 Å². The predicted molar refractivity (Wildman–Crippen MR) is 195 cm³/mol. The van der Waals surface area contributed by atoms with Gasteiger partial charge >= 0.3 is 282 Å². The summed E-state index contributed by atoms with van der Waals surface area (Å²) >= 11 is -4.05. The Balaban J connectivity index is 1.57. The topological polar surface area (TPSA) is 0 Å². The molecular weight excluding hydrogens is 671 g/mol. The van der Waals surface area contributed by atoms with Gasteiger partial charge in [-0.15, -0.1) is 0 Å². The molecule has 6 rings (SSSR count). The van der Waals surface area contributed by atoms with Gasteiger partial charge in [-0.25, -0.2) is 0 Å². The Morgan fingerprint density at radius 1 is 0.818 bits per heavy atom. The van der Waals surface area contributed by atoms with Crippen LogP contribution in [0, 0.1) is 12.8 Å². The van der Waals surface area contributed by atoms with Crippen LogP contribution in [0.25, 0.3) is 28.3 Å². The van der Waals surface area contributed by atoms with Crippen LogP contribution in [0.15, 0.2) is 78.4 Å². The van der Waals surface area contributed by atoms with Crippen molar-refractivity contribution < 1.29 is 17.9 Å². The molecule has 0 nitrogen and oxygen atoms in total. The standard InChI is InChI=1S/C28H37.C12H9Si.2ClH.Zr/c1-10-18(2)21-13-20-12-11-19(3)26(25(20)16-21)22-14-23(27(4,5)6)17-24(15-22)28(7,8)9;1-3-7-11-9(5-1)10-6-2-4-8-12(10)13-11;;;/h11-18H,10H2,1-9H3;1-7H,13H2;2*1H;/q;;;;+2/p-2. The number of hydrogen-bond acceptors (Lipinski definition) is 0. The Morgan fingerprint density at radius 2 is 1.45 bits per heavy atom. The second kappa shape index (κ2) is 11.5. The molecule has 0 saturated carbocycles. The Labute approximate surface area is 279 Å². The van der Waals surface area contributed by atoms with Crippen LogP contribution in [0.2, 0.25) is 0 Å². The predicted octanol–water partition coefficient (Wildman–Crippen LogP) is 9.63. The number of benzene rings is 4. The molecule has 2 atom stereocenters. The number of aryl methyl sites for hydroxylation is 1. The van der Waals surface area contributed by atoms with E-state index in [1.54, 1.807) is 0 Å². The van der Waals surface area contributed by atoms with Crippen LogP contribution in [0.3, 0.4) is 0 Å². The summed E-state index contributed by atoms with van der Waals surface area (Å²) in [6, 6.07) is 27.7. The van der Waals surface area contributed by atoms with Crippen LogP contribution in [-0.4, -0.2) is 9.52 Å². The fourth-order valence-corrected chi connectivity index (χ4v) is 24.2. The van der Waals surface area contributed by atoms with Crippen molar-refractivity contribution in [1.82, 2.24) is 0 Å². The van der Waals surface area contributed by atoms with Crippen molar-refractivity contribution in [1.29, 1.82) is 0 Å². The monoisotopic (exact) mass is 714 g/mol. The SMILES string of the molecule is CCC(C)C1=Cc2c(ccc(C)c2-c2cc(C(C)(C)C)cc(C(C)(C)C)c2)[CH]1[Zr]([Cl])([Cl])[c]1cccc2c1[SiH2]c1ccccc1-2. The fourth-order valence-electron chi connectivity index (χ4n) is 7.29. The average Bonchev–Trinajstić information content (AvgIpc) is 3.54. The molecule has 0 N–H and O–H groups in total. The van der Waals surface area contributed by atoms with E-state index in [4.69, 9.17) is 17.0 Å². The zero-order valence-electron chi connectivity index (χ0n) is 27.8. The number of fused-ring (bicyclic) bond motifs is 4. The summed E-state index contributed by atoms with van der Waals surface area (Å²) in [6.07, 6.45) is 3.57. The van der Waals surface area contributed by atoms with Gasteiger partial charge in [0.1, 0.15) is 0 Å². The molecule has 0 bridgehead atoms. The first-order chi connectivity index (χ1) is 20.6. The Kier molecular flexibility index (Phi) is 8.44. The summed E-state index contributed by atoms with van der Waals surface area (Å²) < 4.78 is 1.40. The molecule has 0 saturated heterocycles. The van der Waals surface area contributed by atoms with Crippen molar-refractivity contribution in [2.75, 3.05) is 0 Å². The second-order valence-corrected chi connectivity index (χ2v) is 31.1. The molecule has 1 aliphatic heterocycles. The summed E-state index contributed by atoms with van der Waals surface area (Å²) in [4.78, 5) is 0. The minimum absolute atomic E-state index is 0.0508. The van der Waals surface area contributed by atoms with Crippen LogP contribution >= 0.6 is 17.0 Å². The molecule has 1 heterocycles. The minimum atomic E-state index is -4.05. The molecule has 44 heavy (non-hydrogen) atoms. The van der Waals surface area contributed by atoms with Gasteiger partial charge in [0.25, 0.3) is 0 Å². The molecule has 0 spiro atoms. The van der Waals surface area contributed by atoms with E-state index in [2.05, 4.69) is 141 Å². The van der Waals surface area contributed by atoms with E-state index < -0.39 is 27.4 Å². The second-order valence-electron chi connectivity index (χ2n) is 15.2. The normalized spacial score (nSPS) is 17.3. The Bertz CT molecular complexity index is 1770. The summed E-state index contributed by atoms with van der Waals surface area (Å²) in [6.45, 7) is 20.9. The molecule has 0 amide bonds. The first kappa shape index (κ1) is 32.2. The fraction of sp³-hybridized carbons (Fsp3) is 0.350. The molecule has 0 radical (unpaired) electrons. The third-order valence-corrected chi connectivity index (χ3v) is 24.4.